The molecule has 2 aromatic rings. The van der Waals surface area contributed by atoms with Crippen LogP contribution in [-0.2, 0) is 13.1 Å². The van der Waals surface area contributed by atoms with E-state index in [4.69, 9.17) is 0 Å². The standard InChI is InChI=1S/C12H14BrN3OS/c1-2-3-16-6-9(13)4-11(16)12(17)14-5-10-7-18-8-15-10/h4,6-8H,2-3,5H2,1H3,(H,14,17). The van der Waals surface area contributed by atoms with Crippen molar-refractivity contribution >= 4 is 33.2 Å². The van der Waals surface area contributed by atoms with Gasteiger partial charge in [0.2, 0.25) is 0 Å². The Hall–Kier alpha value is -1.14. The molecule has 1 amide bonds. The van der Waals surface area contributed by atoms with E-state index < -0.39 is 0 Å². The Morgan fingerprint density at radius 1 is 1.61 bits per heavy atom. The van der Waals surface area contributed by atoms with Crippen molar-refractivity contribution in [2.24, 2.45) is 0 Å². The van der Waals surface area contributed by atoms with Crippen molar-refractivity contribution in [1.82, 2.24) is 14.9 Å². The zero-order valence-electron chi connectivity index (χ0n) is 10.0. The van der Waals surface area contributed by atoms with Crippen molar-refractivity contribution in [1.29, 1.82) is 0 Å². The highest BCUT2D eigenvalue weighted by Gasteiger charge is 2.12. The quantitative estimate of drug-likeness (QED) is 0.917. The Morgan fingerprint density at radius 3 is 3.11 bits per heavy atom. The van der Waals surface area contributed by atoms with Gasteiger partial charge in [-0.15, -0.1) is 11.3 Å². The van der Waals surface area contributed by atoms with Gasteiger partial charge in [-0.05, 0) is 28.4 Å². The third kappa shape index (κ3) is 3.20. The minimum atomic E-state index is -0.0675. The first-order valence-electron chi connectivity index (χ1n) is 5.71. The molecule has 0 atom stereocenters. The zero-order chi connectivity index (χ0) is 13.0. The lowest BCUT2D eigenvalue weighted by atomic mass is 10.3. The molecule has 2 rings (SSSR count). The summed E-state index contributed by atoms with van der Waals surface area (Å²) in [7, 11) is 0. The fraction of sp³-hybridized carbons (Fsp3) is 0.333. The molecular weight excluding hydrogens is 314 g/mol. The molecule has 4 nitrogen and oxygen atoms in total. The second-order valence-electron chi connectivity index (χ2n) is 3.90. The van der Waals surface area contributed by atoms with E-state index in [1.54, 1.807) is 5.51 Å². The predicted octanol–water partition coefficient (Wildman–Crippen LogP) is 3.05. The van der Waals surface area contributed by atoms with Crippen molar-refractivity contribution in [3.63, 3.8) is 0 Å². The molecule has 0 unspecified atom stereocenters. The van der Waals surface area contributed by atoms with E-state index in [1.807, 2.05) is 22.2 Å². The first kappa shape index (κ1) is 13.3. The summed E-state index contributed by atoms with van der Waals surface area (Å²) in [4.78, 5) is 16.2. The number of halogens is 1. The van der Waals surface area contributed by atoms with Crippen molar-refractivity contribution in [2.45, 2.75) is 26.4 Å². The predicted molar refractivity (Wildman–Crippen MR) is 75.7 cm³/mol. The van der Waals surface area contributed by atoms with Crippen molar-refractivity contribution in [2.75, 3.05) is 0 Å². The van der Waals surface area contributed by atoms with Crippen molar-refractivity contribution < 1.29 is 4.79 Å². The van der Waals surface area contributed by atoms with Gasteiger partial charge in [-0.2, -0.15) is 0 Å². The van der Waals surface area contributed by atoms with Gasteiger partial charge >= 0.3 is 0 Å². The van der Waals surface area contributed by atoms with Crippen LogP contribution in [-0.4, -0.2) is 15.5 Å². The minimum absolute atomic E-state index is 0.0675. The maximum absolute atomic E-state index is 12.1. The average molecular weight is 328 g/mol. The van der Waals surface area contributed by atoms with Crippen LogP contribution >= 0.6 is 27.3 Å². The zero-order valence-corrected chi connectivity index (χ0v) is 12.4. The monoisotopic (exact) mass is 327 g/mol. The van der Waals surface area contributed by atoms with Gasteiger partial charge in [0, 0.05) is 22.6 Å². The molecular formula is C12H14BrN3OS. The third-order valence-corrected chi connectivity index (χ3v) is 3.54. The molecule has 6 heteroatoms. The summed E-state index contributed by atoms with van der Waals surface area (Å²) in [5, 5.41) is 4.81. The van der Waals surface area contributed by atoms with E-state index in [-0.39, 0.29) is 5.91 Å². The van der Waals surface area contributed by atoms with Gasteiger partial charge in [-0.3, -0.25) is 4.79 Å². The number of carbonyl (C=O) groups is 1. The lowest BCUT2D eigenvalue weighted by molar-refractivity contribution is 0.0941. The summed E-state index contributed by atoms with van der Waals surface area (Å²) >= 11 is 4.93. The Labute approximate surface area is 118 Å². The van der Waals surface area contributed by atoms with Crippen LogP contribution in [0.15, 0.2) is 27.6 Å². The van der Waals surface area contributed by atoms with Gasteiger partial charge < -0.3 is 9.88 Å². The molecule has 0 aliphatic heterocycles. The van der Waals surface area contributed by atoms with Crippen LogP contribution < -0.4 is 5.32 Å². The van der Waals surface area contributed by atoms with E-state index in [1.165, 1.54) is 11.3 Å². The van der Waals surface area contributed by atoms with Gasteiger partial charge in [-0.1, -0.05) is 6.92 Å². The van der Waals surface area contributed by atoms with Gasteiger partial charge in [0.1, 0.15) is 5.69 Å². The molecule has 0 radical (unpaired) electrons. The number of nitrogens with one attached hydrogen (secondary N) is 1. The molecule has 1 N–H and O–H groups in total. The largest absolute Gasteiger partial charge is 0.345 e. The van der Waals surface area contributed by atoms with E-state index in [2.05, 4.69) is 33.2 Å². The first-order valence-corrected chi connectivity index (χ1v) is 7.45. The smallest absolute Gasteiger partial charge is 0.268 e. The summed E-state index contributed by atoms with van der Waals surface area (Å²) in [6.07, 6.45) is 2.93. The molecule has 0 aliphatic rings. The number of rotatable bonds is 5. The van der Waals surface area contributed by atoms with Crippen LogP contribution in [0.2, 0.25) is 0 Å². The first-order chi connectivity index (χ1) is 8.70. The lowest BCUT2D eigenvalue weighted by Gasteiger charge is -2.07. The highest BCUT2D eigenvalue weighted by atomic mass is 79.9. The summed E-state index contributed by atoms with van der Waals surface area (Å²) in [5.41, 5.74) is 3.33. The highest BCUT2D eigenvalue weighted by molar-refractivity contribution is 9.10. The molecule has 2 aromatic heterocycles. The number of nitrogens with zero attached hydrogens (tertiary/aromatic N) is 2. The number of hydrogen-bond acceptors (Lipinski definition) is 3. The second-order valence-corrected chi connectivity index (χ2v) is 5.53. The van der Waals surface area contributed by atoms with Crippen LogP contribution in [0, 0.1) is 0 Å². The van der Waals surface area contributed by atoms with Crippen LogP contribution in [0.25, 0.3) is 0 Å². The number of aryl methyl sites for hydroxylation is 1. The van der Waals surface area contributed by atoms with Crippen LogP contribution in [0.3, 0.4) is 0 Å². The number of carbonyl (C=O) groups excluding carboxylic acids is 1. The van der Waals surface area contributed by atoms with Gasteiger partial charge in [0.15, 0.2) is 0 Å². The maximum Gasteiger partial charge on any atom is 0.268 e. The van der Waals surface area contributed by atoms with Crippen LogP contribution in [0.1, 0.15) is 29.5 Å². The summed E-state index contributed by atoms with van der Waals surface area (Å²) in [5.74, 6) is -0.0675. The molecule has 0 aliphatic carbocycles. The average Bonchev–Trinajstić information content (AvgIpc) is 2.96. The highest BCUT2D eigenvalue weighted by Crippen LogP contribution is 2.15. The normalized spacial score (nSPS) is 10.6. The molecule has 18 heavy (non-hydrogen) atoms. The molecule has 0 saturated carbocycles. The van der Waals surface area contributed by atoms with E-state index in [0.717, 1.165) is 23.1 Å². The molecule has 0 fully saturated rings. The van der Waals surface area contributed by atoms with Gasteiger partial charge in [-0.25, -0.2) is 4.98 Å². The van der Waals surface area contributed by atoms with Gasteiger partial charge in [0.25, 0.3) is 5.91 Å². The summed E-state index contributed by atoms with van der Waals surface area (Å²) in [6, 6.07) is 1.84. The Morgan fingerprint density at radius 2 is 2.44 bits per heavy atom. The minimum Gasteiger partial charge on any atom is -0.345 e. The molecule has 0 spiro atoms. The Kier molecular flexibility index (Phi) is 4.54. The summed E-state index contributed by atoms with van der Waals surface area (Å²) in [6.45, 7) is 3.40. The molecule has 0 aromatic carbocycles. The van der Waals surface area contributed by atoms with E-state index >= 15 is 0 Å². The van der Waals surface area contributed by atoms with Crippen molar-refractivity contribution in [3.05, 3.63) is 39.0 Å². The Bertz CT molecular complexity index is 521. The topological polar surface area (TPSA) is 46.9 Å². The SMILES string of the molecule is CCCn1cc(Br)cc1C(=O)NCc1cscn1. The number of amides is 1. The fourth-order valence-electron chi connectivity index (χ4n) is 1.68. The van der Waals surface area contributed by atoms with Crippen molar-refractivity contribution in [3.8, 4) is 0 Å². The van der Waals surface area contributed by atoms with Crippen LogP contribution in [0.5, 0.6) is 0 Å². The maximum atomic E-state index is 12.1. The summed E-state index contributed by atoms with van der Waals surface area (Å²) < 4.78 is 2.88. The molecule has 0 bridgehead atoms. The van der Waals surface area contributed by atoms with Crippen LogP contribution in [0.4, 0.5) is 0 Å². The number of aromatic nitrogens is 2. The van der Waals surface area contributed by atoms with E-state index in [0.29, 0.717) is 12.2 Å². The van der Waals surface area contributed by atoms with Gasteiger partial charge in [0.05, 0.1) is 17.7 Å². The Balaban J connectivity index is 2.03. The molecule has 96 valence electrons. The number of hydrogen-bond donors (Lipinski definition) is 1. The molecule has 0 saturated heterocycles. The van der Waals surface area contributed by atoms with E-state index in [9.17, 15) is 4.79 Å². The number of thiazole rings is 1. The third-order valence-electron chi connectivity index (χ3n) is 2.47. The second kappa shape index (κ2) is 6.15. The fourth-order valence-corrected chi connectivity index (χ4v) is 2.70. The lowest BCUT2D eigenvalue weighted by Crippen LogP contribution is -2.25. The molecule has 2 heterocycles.